The summed E-state index contributed by atoms with van der Waals surface area (Å²) in [7, 11) is 0. The fraction of sp³-hybridized carbons (Fsp3) is 0.591. The van der Waals surface area contributed by atoms with Crippen LogP contribution in [0, 0.1) is 5.92 Å². The smallest absolute Gasteiger partial charge is 0.384 e. The van der Waals surface area contributed by atoms with Crippen molar-refractivity contribution in [2.24, 2.45) is 5.92 Å². The number of alkyl halides is 6. The fourth-order valence-electron chi connectivity index (χ4n) is 4.17. The molecule has 0 heterocycles. The molecule has 2 fully saturated rings. The van der Waals surface area contributed by atoms with Gasteiger partial charge in [0.25, 0.3) is 0 Å². The van der Waals surface area contributed by atoms with Gasteiger partial charge in [-0.3, -0.25) is 0 Å². The van der Waals surface area contributed by atoms with Crippen molar-refractivity contribution in [2.75, 3.05) is 13.1 Å². The maximum Gasteiger partial charge on any atom is 0.416 e. The molecule has 0 saturated heterocycles. The molecule has 2 aliphatic carbocycles. The molecule has 0 spiro atoms. The van der Waals surface area contributed by atoms with E-state index < -0.39 is 23.5 Å². The Labute approximate surface area is 177 Å². The summed E-state index contributed by atoms with van der Waals surface area (Å²) >= 11 is 0. The highest BCUT2D eigenvalue weighted by molar-refractivity contribution is 5.69. The maximum absolute atomic E-state index is 13.3. The summed E-state index contributed by atoms with van der Waals surface area (Å²) in [6.45, 7) is 0.803. The molecule has 1 aromatic rings. The number of rotatable bonds is 7. The minimum atomic E-state index is -4.86. The summed E-state index contributed by atoms with van der Waals surface area (Å²) < 4.78 is 79.6. The van der Waals surface area contributed by atoms with Crippen LogP contribution in [0.1, 0.15) is 61.6 Å². The molecule has 0 atom stereocenters. The molecule has 31 heavy (non-hydrogen) atoms. The number of allylic oxidation sites excluding steroid dienone is 1. The average Bonchev–Trinajstić information content (AvgIpc) is 2.67. The Balaban J connectivity index is 1.77. The number of carbonyl (C=O) groups excluding carboxylic acids is 1. The Morgan fingerprint density at radius 1 is 0.935 bits per heavy atom. The summed E-state index contributed by atoms with van der Waals surface area (Å²) in [5.41, 5.74) is -1.37. The van der Waals surface area contributed by atoms with E-state index >= 15 is 0 Å². The zero-order valence-corrected chi connectivity index (χ0v) is 17.0. The summed E-state index contributed by atoms with van der Waals surface area (Å²) in [5, 5.41) is 6.34. The molecule has 1 aromatic carbocycles. The van der Waals surface area contributed by atoms with Gasteiger partial charge in [-0.1, -0.05) is 0 Å². The van der Waals surface area contributed by atoms with Crippen LogP contribution in [0.2, 0.25) is 0 Å². The predicted molar refractivity (Wildman–Crippen MR) is 105 cm³/mol. The van der Waals surface area contributed by atoms with E-state index in [0.717, 1.165) is 56.1 Å². The Kier molecular flexibility index (Phi) is 7.34. The summed E-state index contributed by atoms with van der Waals surface area (Å²) in [5.74, 6) is 0.276. The second-order valence-electron chi connectivity index (χ2n) is 8.30. The van der Waals surface area contributed by atoms with E-state index in [9.17, 15) is 31.1 Å². The first-order valence-electron chi connectivity index (χ1n) is 10.5. The molecule has 3 rings (SSSR count). The van der Waals surface area contributed by atoms with Gasteiger partial charge in [0, 0.05) is 18.3 Å². The number of halogens is 6. The first-order valence-corrected chi connectivity index (χ1v) is 10.5. The molecule has 0 bridgehead atoms. The number of carbonyl (C=O) groups is 1. The lowest BCUT2D eigenvalue weighted by atomic mass is 9.84. The van der Waals surface area contributed by atoms with Crippen LogP contribution in [0.25, 0.3) is 5.70 Å². The summed E-state index contributed by atoms with van der Waals surface area (Å²) in [4.78, 5) is 10.5. The van der Waals surface area contributed by atoms with Crippen LogP contribution in [0.15, 0.2) is 23.8 Å². The van der Waals surface area contributed by atoms with Crippen molar-refractivity contribution in [3.63, 3.8) is 0 Å². The van der Waals surface area contributed by atoms with Gasteiger partial charge in [-0.15, -0.1) is 0 Å². The first-order chi connectivity index (χ1) is 14.6. The molecule has 0 aliphatic heterocycles. The van der Waals surface area contributed by atoms with Gasteiger partial charge in [-0.25, -0.2) is 0 Å². The highest BCUT2D eigenvalue weighted by Gasteiger charge is 2.37. The lowest BCUT2D eigenvalue weighted by molar-refractivity contribution is -0.143. The molecule has 0 aromatic heterocycles. The number of hydrogen-bond acceptors (Lipinski definition) is 3. The molecule has 0 amide bonds. The molecule has 172 valence electrons. The third-order valence-electron chi connectivity index (χ3n) is 6.09. The molecule has 0 radical (unpaired) electrons. The van der Waals surface area contributed by atoms with E-state index in [2.05, 4.69) is 10.6 Å². The molecule has 0 unspecified atom stereocenters. The minimum Gasteiger partial charge on any atom is -0.384 e. The molecule has 2 aliphatic rings. The van der Waals surface area contributed by atoms with Crippen LogP contribution in [0.5, 0.6) is 0 Å². The van der Waals surface area contributed by atoms with Gasteiger partial charge in [0.2, 0.25) is 0 Å². The van der Waals surface area contributed by atoms with Crippen molar-refractivity contribution in [1.82, 2.24) is 10.6 Å². The number of aldehydes is 1. The van der Waals surface area contributed by atoms with E-state index in [1.54, 1.807) is 0 Å². The van der Waals surface area contributed by atoms with E-state index in [1.165, 1.54) is 0 Å². The van der Waals surface area contributed by atoms with Crippen LogP contribution in [0.4, 0.5) is 26.3 Å². The predicted octanol–water partition coefficient (Wildman–Crippen LogP) is 5.56. The van der Waals surface area contributed by atoms with E-state index in [-0.39, 0.29) is 23.6 Å². The van der Waals surface area contributed by atoms with Crippen LogP contribution in [-0.4, -0.2) is 25.4 Å². The van der Waals surface area contributed by atoms with Crippen molar-refractivity contribution in [2.45, 2.75) is 63.3 Å². The van der Waals surface area contributed by atoms with E-state index in [0.29, 0.717) is 31.6 Å². The van der Waals surface area contributed by atoms with Crippen molar-refractivity contribution < 1.29 is 31.1 Å². The van der Waals surface area contributed by atoms with Crippen LogP contribution >= 0.6 is 0 Å². The zero-order valence-electron chi connectivity index (χ0n) is 17.0. The first kappa shape index (κ1) is 23.6. The summed E-state index contributed by atoms with van der Waals surface area (Å²) in [6.07, 6.45) is -3.18. The summed E-state index contributed by atoms with van der Waals surface area (Å²) in [6, 6.07) is 2.05. The van der Waals surface area contributed by atoms with Gasteiger partial charge in [0.15, 0.2) is 0 Å². The topological polar surface area (TPSA) is 41.1 Å². The molecule has 3 nitrogen and oxygen atoms in total. The van der Waals surface area contributed by atoms with Crippen molar-refractivity contribution >= 4 is 12.0 Å². The molecular formula is C22H26F6N2O. The van der Waals surface area contributed by atoms with Gasteiger partial charge in [0.05, 0.1) is 17.7 Å². The molecular weight excluding hydrogens is 422 g/mol. The SMILES string of the molecule is O=CCNC1CCC(CNC(=C2CCC2)c2cc(C(F)(F)F)cc(C(F)(F)F)c2)CC1. The Hall–Kier alpha value is -2.03. The van der Waals surface area contributed by atoms with E-state index in [1.807, 2.05) is 0 Å². The van der Waals surface area contributed by atoms with Gasteiger partial charge in [-0.2, -0.15) is 26.3 Å². The molecule has 2 saturated carbocycles. The minimum absolute atomic E-state index is 0.0572. The third kappa shape index (κ3) is 6.24. The van der Waals surface area contributed by atoms with Gasteiger partial charge in [-0.05, 0) is 80.2 Å². The van der Waals surface area contributed by atoms with Gasteiger partial charge >= 0.3 is 12.4 Å². The van der Waals surface area contributed by atoms with E-state index in [4.69, 9.17) is 0 Å². The lowest BCUT2D eigenvalue weighted by Gasteiger charge is -2.31. The second-order valence-corrected chi connectivity index (χ2v) is 8.30. The quantitative estimate of drug-likeness (QED) is 0.424. The van der Waals surface area contributed by atoms with Crippen molar-refractivity contribution in [3.8, 4) is 0 Å². The van der Waals surface area contributed by atoms with Gasteiger partial charge in [0.1, 0.15) is 6.29 Å². The number of hydrogen-bond donors (Lipinski definition) is 2. The van der Waals surface area contributed by atoms with Crippen LogP contribution in [-0.2, 0) is 17.1 Å². The average molecular weight is 448 g/mol. The van der Waals surface area contributed by atoms with Crippen LogP contribution < -0.4 is 10.6 Å². The highest BCUT2D eigenvalue weighted by atomic mass is 19.4. The Morgan fingerprint density at radius 2 is 1.52 bits per heavy atom. The third-order valence-corrected chi connectivity index (χ3v) is 6.09. The largest absolute Gasteiger partial charge is 0.416 e. The monoisotopic (exact) mass is 448 g/mol. The van der Waals surface area contributed by atoms with Crippen LogP contribution in [0.3, 0.4) is 0 Å². The maximum atomic E-state index is 13.3. The van der Waals surface area contributed by atoms with Crippen molar-refractivity contribution in [3.05, 3.63) is 40.5 Å². The number of benzene rings is 1. The lowest BCUT2D eigenvalue weighted by Crippen LogP contribution is -2.36. The number of nitrogens with one attached hydrogen (secondary N) is 2. The standard InChI is InChI=1S/C22H26F6N2O/c23-21(24,25)17-10-16(11-18(12-17)22(26,27)28)20(15-2-1-3-15)30-13-14-4-6-19(7-5-14)29-8-9-31/h9-12,14,19,29-30H,1-8,13H2. The van der Waals surface area contributed by atoms with Gasteiger partial charge < -0.3 is 15.4 Å². The Morgan fingerprint density at radius 3 is 1.97 bits per heavy atom. The Bertz CT molecular complexity index is 769. The highest BCUT2D eigenvalue weighted by Crippen LogP contribution is 2.40. The zero-order chi connectivity index (χ0) is 22.6. The molecule has 9 heteroatoms. The normalized spacial score (nSPS) is 22.1. The van der Waals surface area contributed by atoms with Crippen molar-refractivity contribution in [1.29, 1.82) is 0 Å². The fourth-order valence-corrected chi connectivity index (χ4v) is 4.17. The second kappa shape index (κ2) is 9.63. The molecule has 2 N–H and O–H groups in total.